The molecule has 0 radical (unpaired) electrons. The van der Waals surface area contributed by atoms with Gasteiger partial charge >= 0.3 is 12.1 Å². The Morgan fingerprint density at radius 2 is 1.71 bits per heavy atom. The van der Waals surface area contributed by atoms with Crippen molar-refractivity contribution in [2.24, 2.45) is 5.73 Å². The van der Waals surface area contributed by atoms with E-state index in [1.165, 1.54) is 24.3 Å². The summed E-state index contributed by atoms with van der Waals surface area (Å²) in [7, 11) is 0.865. The summed E-state index contributed by atoms with van der Waals surface area (Å²) in [6.07, 6.45) is -4.92. The number of halogens is 3. The Morgan fingerprint density at radius 3 is 2.06 bits per heavy atom. The van der Waals surface area contributed by atoms with Crippen LogP contribution in [-0.4, -0.2) is 19.3 Å². The zero-order valence-corrected chi connectivity index (χ0v) is 9.34. The molecule has 3 nitrogen and oxygen atoms in total. The number of alkyl halides is 3. The number of carbonyl (C=O) groups is 1. The molecule has 0 bridgehead atoms. The van der Waals surface area contributed by atoms with Gasteiger partial charge in [-0.25, -0.2) is 4.79 Å². The molecule has 94 valence electrons. The molecular formula is C11H12F3NO2. The average molecular weight is 247 g/mol. The molecule has 0 amide bonds. The summed E-state index contributed by atoms with van der Waals surface area (Å²) in [4.78, 5) is 11.3. The first-order valence-corrected chi connectivity index (χ1v) is 4.74. The number of carbonyl (C=O) groups excluding carboxylic acids is 1. The van der Waals surface area contributed by atoms with Crippen molar-refractivity contribution >= 4 is 5.97 Å². The maximum absolute atomic E-state index is 12.9. The van der Waals surface area contributed by atoms with Crippen LogP contribution in [0.1, 0.15) is 11.1 Å². The SMILES string of the molecule is COC(=O)C(N)(c1ccc(C)cc1)C(F)(F)F. The summed E-state index contributed by atoms with van der Waals surface area (Å²) >= 11 is 0. The first-order chi connectivity index (χ1) is 7.73. The third kappa shape index (κ3) is 2.26. The second kappa shape index (κ2) is 4.37. The topological polar surface area (TPSA) is 52.3 Å². The lowest BCUT2D eigenvalue weighted by Crippen LogP contribution is -2.57. The molecule has 1 rings (SSSR count). The number of benzene rings is 1. The predicted octanol–water partition coefficient (Wildman–Crippen LogP) is 1.88. The lowest BCUT2D eigenvalue weighted by Gasteiger charge is -2.29. The molecule has 0 spiro atoms. The zero-order valence-electron chi connectivity index (χ0n) is 9.34. The normalized spacial score (nSPS) is 15.2. The van der Waals surface area contributed by atoms with E-state index in [-0.39, 0.29) is 5.56 Å². The number of methoxy groups -OCH3 is 1. The monoisotopic (exact) mass is 247 g/mol. The Hall–Kier alpha value is -1.56. The molecule has 0 aromatic heterocycles. The first-order valence-electron chi connectivity index (χ1n) is 4.74. The number of hydrogen-bond donors (Lipinski definition) is 1. The molecule has 1 unspecified atom stereocenters. The van der Waals surface area contributed by atoms with E-state index in [0.717, 1.165) is 12.7 Å². The molecular weight excluding hydrogens is 235 g/mol. The van der Waals surface area contributed by atoms with Crippen molar-refractivity contribution in [3.05, 3.63) is 35.4 Å². The van der Waals surface area contributed by atoms with Crippen molar-refractivity contribution < 1.29 is 22.7 Å². The number of hydrogen-bond acceptors (Lipinski definition) is 3. The number of esters is 1. The molecule has 0 fully saturated rings. The van der Waals surface area contributed by atoms with E-state index in [2.05, 4.69) is 4.74 Å². The fourth-order valence-electron chi connectivity index (χ4n) is 1.37. The fourth-order valence-corrected chi connectivity index (χ4v) is 1.37. The summed E-state index contributed by atoms with van der Waals surface area (Å²) < 4.78 is 42.8. The second-order valence-electron chi connectivity index (χ2n) is 3.66. The standard InChI is InChI=1S/C11H12F3NO2/c1-7-3-5-8(6-4-7)10(15,9(16)17-2)11(12,13)14/h3-6H,15H2,1-2H3. The molecule has 2 N–H and O–H groups in total. The average Bonchev–Trinajstić information content (AvgIpc) is 2.26. The molecule has 0 aliphatic carbocycles. The highest BCUT2D eigenvalue weighted by atomic mass is 19.4. The van der Waals surface area contributed by atoms with Crippen LogP contribution in [0.2, 0.25) is 0 Å². The summed E-state index contributed by atoms with van der Waals surface area (Å²) in [5.41, 5.74) is 2.49. The molecule has 6 heteroatoms. The van der Waals surface area contributed by atoms with Gasteiger partial charge in [0.25, 0.3) is 0 Å². The molecule has 0 saturated carbocycles. The van der Waals surface area contributed by atoms with Gasteiger partial charge in [0, 0.05) is 0 Å². The van der Waals surface area contributed by atoms with Crippen molar-refractivity contribution in [1.82, 2.24) is 0 Å². The lowest BCUT2D eigenvalue weighted by atomic mass is 9.90. The van der Waals surface area contributed by atoms with E-state index in [1.54, 1.807) is 6.92 Å². The minimum atomic E-state index is -4.92. The van der Waals surface area contributed by atoms with Crippen molar-refractivity contribution in [3.63, 3.8) is 0 Å². The van der Waals surface area contributed by atoms with Crippen LogP contribution in [0.4, 0.5) is 13.2 Å². The highest BCUT2D eigenvalue weighted by Gasteiger charge is 2.60. The van der Waals surface area contributed by atoms with Gasteiger partial charge in [0.1, 0.15) is 0 Å². The van der Waals surface area contributed by atoms with E-state index in [1.807, 2.05) is 0 Å². The number of nitrogens with two attached hydrogens (primary N) is 1. The number of ether oxygens (including phenoxy) is 1. The minimum Gasteiger partial charge on any atom is -0.467 e. The maximum atomic E-state index is 12.9. The van der Waals surface area contributed by atoms with Gasteiger partial charge in [-0.2, -0.15) is 13.2 Å². The molecule has 1 aromatic rings. The molecule has 0 saturated heterocycles. The zero-order chi connectivity index (χ0) is 13.3. The molecule has 0 heterocycles. The van der Waals surface area contributed by atoms with Crippen molar-refractivity contribution in [2.45, 2.75) is 18.6 Å². The van der Waals surface area contributed by atoms with Crippen LogP contribution in [0, 0.1) is 6.92 Å². The van der Waals surface area contributed by atoms with Crippen LogP contribution in [0.25, 0.3) is 0 Å². The third-order valence-corrected chi connectivity index (χ3v) is 2.46. The van der Waals surface area contributed by atoms with Crippen LogP contribution in [-0.2, 0) is 15.1 Å². The van der Waals surface area contributed by atoms with E-state index in [0.29, 0.717) is 0 Å². The van der Waals surface area contributed by atoms with Crippen LogP contribution in [0.3, 0.4) is 0 Å². The molecule has 17 heavy (non-hydrogen) atoms. The van der Waals surface area contributed by atoms with Gasteiger partial charge in [-0.05, 0) is 12.5 Å². The smallest absolute Gasteiger partial charge is 0.421 e. The van der Waals surface area contributed by atoms with E-state index in [4.69, 9.17) is 5.73 Å². The van der Waals surface area contributed by atoms with Crippen molar-refractivity contribution in [1.29, 1.82) is 0 Å². The van der Waals surface area contributed by atoms with Gasteiger partial charge in [0.2, 0.25) is 5.54 Å². The fraction of sp³-hybridized carbons (Fsp3) is 0.364. The Balaban J connectivity index is 3.34. The van der Waals surface area contributed by atoms with Gasteiger partial charge in [0.15, 0.2) is 0 Å². The second-order valence-corrected chi connectivity index (χ2v) is 3.66. The van der Waals surface area contributed by atoms with E-state index < -0.39 is 17.7 Å². The van der Waals surface area contributed by atoms with Gasteiger partial charge in [-0.15, -0.1) is 0 Å². The lowest BCUT2D eigenvalue weighted by molar-refractivity contribution is -0.206. The number of aryl methyl sites for hydroxylation is 1. The molecule has 0 aliphatic rings. The molecule has 1 atom stereocenters. The first kappa shape index (κ1) is 13.5. The number of rotatable bonds is 2. The van der Waals surface area contributed by atoms with Gasteiger partial charge < -0.3 is 10.5 Å². The maximum Gasteiger partial charge on any atom is 0.421 e. The largest absolute Gasteiger partial charge is 0.467 e. The van der Waals surface area contributed by atoms with Gasteiger partial charge in [0.05, 0.1) is 7.11 Å². The van der Waals surface area contributed by atoms with Gasteiger partial charge in [-0.3, -0.25) is 0 Å². The summed E-state index contributed by atoms with van der Waals surface area (Å²) in [5, 5.41) is 0. The Kier molecular flexibility index (Phi) is 3.47. The van der Waals surface area contributed by atoms with Crippen LogP contribution < -0.4 is 5.73 Å². The predicted molar refractivity (Wildman–Crippen MR) is 55.1 cm³/mol. The Morgan fingerprint density at radius 1 is 1.24 bits per heavy atom. The highest BCUT2D eigenvalue weighted by Crippen LogP contribution is 2.37. The van der Waals surface area contributed by atoms with Crippen LogP contribution in [0.5, 0.6) is 0 Å². The van der Waals surface area contributed by atoms with Crippen molar-refractivity contribution in [2.75, 3.05) is 7.11 Å². The third-order valence-electron chi connectivity index (χ3n) is 2.46. The summed E-state index contributed by atoms with van der Waals surface area (Å²) in [5.74, 6) is -1.53. The van der Waals surface area contributed by atoms with Crippen LogP contribution in [0.15, 0.2) is 24.3 Å². The van der Waals surface area contributed by atoms with Crippen LogP contribution >= 0.6 is 0 Å². The minimum absolute atomic E-state index is 0.345. The van der Waals surface area contributed by atoms with Crippen molar-refractivity contribution in [3.8, 4) is 0 Å². The van der Waals surface area contributed by atoms with Gasteiger partial charge in [-0.1, -0.05) is 29.8 Å². The quantitative estimate of drug-likeness (QED) is 0.812. The van der Waals surface area contributed by atoms with E-state index in [9.17, 15) is 18.0 Å². The molecule has 1 aromatic carbocycles. The summed E-state index contributed by atoms with van der Waals surface area (Å²) in [6, 6.07) is 5.23. The van der Waals surface area contributed by atoms with E-state index >= 15 is 0 Å². The molecule has 0 aliphatic heterocycles. The Labute approximate surface area is 96.4 Å². The Bertz CT molecular complexity index is 414. The highest BCUT2D eigenvalue weighted by molar-refractivity contribution is 5.83. The summed E-state index contributed by atoms with van der Waals surface area (Å²) in [6.45, 7) is 1.72.